The number of aliphatic imine (C=N–C) groups is 1. The van der Waals surface area contributed by atoms with Gasteiger partial charge in [-0.1, -0.05) is 23.4 Å². The molecule has 1 aromatic heterocycles. The highest BCUT2D eigenvalue weighted by atomic mass is 16.5. The number of hydrogen-bond donors (Lipinski definition) is 1. The molecule has 1 aliphatic carbocycles. The lowest BCUT2D eigenvalue weighted by molar-refractivity contribution is -0.132. The molecular formula is C13H10N4O4. The number of carbonyl (C=O) groups is 3. The van der Waals surface area contributed by atoms with Crippen LogP contribution in [0.1, 0.15) is 0 Å². The van der Waals surface area contributed by atoms with Crippen LogP contribution < -0.4 is 5.32 Å². The molecule has 21 heavy (non-hydrogen) atoms. The highest BCUT2D eigenvalue weighted by Gasteiger charge is 2.36. The van der Waals surface area contributed by atoms with Gasteiger partial charge < -0.3 is 9.84 Å². The molecule has 106 valence electrons. The number of aromatic nitrogens is 1. The lowest BCUT2D eigenvalue weighted by Crippen LogP contribution is -2.49. The molecule has 0 aromatic carbocycles. The van der Waals surface area contributed by atoms with E-state index in [0.717, 1.165) is 4.90 Å². The number of anilines is 1. The van der Waals surface area contributed by atoms with Gasteiger partial charge in [0.05, 0.1) is 11.6 Å². The van der Waals surface area contributed by atoms with Crippen LogP contribution in [0.25, 0.3) is 0 Å². The van der Waals surface area contributed by atoms with E-state index in [2.05, 4.69) is 20.0 Å². The highest BCUT2D eigenvalue weighted by Crippen LogP contribution is 2.19. The lowest BCUT2D eigenvalue weighted by Gasteiger charge is -2.27. The monoisotopic (exact) mass is 286 g/mol. The van der Waals surface area contributed by atoms with Crippen molar-refractivity contribution in [2.75, 3.05) is 11.9 Å². The molecule has 0 saturated carbocycles. The van der Waals surface area contributed by atoms with Crippen LogP contribution >= 0.6 is 0 Å². The first kappa shape index (κ1) is 13.0. The molecule has 1 aliphatic heterocycles. The van der Waals surface area contributed by atoms with E-state index < -0.39 is 30.3 Å². The summed E-state index contributed by atoms with van der Waals surface area (Å²) in [6, 6.07) is 0.698. The fraction of sp³-hybridized carbons (Fsp3) is 0.154. The zero-order valence-electron chi connectivity index (χ0n) is 10.7. The number of hydrogen-bond acceptors (Lipinski definition) is 5. The Morgan fingerprint density at radius 2 is 2.24 bits per heavy atom. The Morgan fingerprint density at radius 1 is 1.38 bits per heavy atom. The van der Waals surface area contributed by atoms with Gasteiger partial charge >= 0.3 is 6.03 Å². The third-order valence-corrected chi connectivity index (χ3v) is 3.00. The number of amides is 4. The van der Waals surface area contributed by atoms with E-state index in [1.807, 2.05) is 0 Å². The Kier molecular flexibility index (Phi) is 3.19. The summed E-state index contributed by atoms with van der Waals surface area (Å²) in [5.41, 5.74) is 0.389. The van der Waals surface area contributed by atoms with Gasteiger partial charge in [0, 0.05) is 6.07 Å². The van der Waals surface area contributed by atoms with Crippen molar-refractivity contribution in [1.29, 1.82) is 0 Å². The van der Waals surface area contributed by atoms with Gasteiger partial charge in [-0.2, -0.15) is 4.99 Å². The van der Waals surface area contributed by atoms with Crippen molar-refractivity contribution in [2.24, 2.45) is 10.9 Å². The second-order valence-corrected chi connectivity index (χ2v) is 4.40. The first-order valence-corrected chi connectivity index (χ1v) is 6.14. The molecule has 0 fully saturated rings. The van der Waals surface area contributed by atoms with E-state index in [1.54, 1.807) is 24.3 Å². The van der Waals surface area contributed by atoms with E-state index in [9.17, 15) is 14.4 Å². The Bertz CT molecular complexity index is 687. The van der Waals surface area contributed by atoms with Crippen molar-refractivity contribution in [3.8, 4) is 0 Å². The summed E-state index contributed by atoms with van der Waals surface area (Å²) in [6.07, 6.45) is 7.93. The van der Waals surface area contributed by atoms with Crippen LogP contribution in [0.2, 0.25) is 0 Å². The minimum absolute atomic E-state index is 0.210. The van der Waals surface area contributed by atoms with Gasteiger partial charge in [0.2, 0.25) is 11.8 Å². The van der Waals surface area contributed by atoms with Crippen LogP contribution in [0.15, 0.2) is 46.1 Å². The maximum absolute atomic E-state index is 12.2. The molecular weight excluding hydrogens is 276 g/mol. The predicted octanol–water partition coefficient (Wildman–Crippen LogP) is 0.758. The van der Waals surface area contributed by atoms with E-state index >= 15 is 0 Å². The highest BCUT2D eigenvalue weighted by molar-refractivity contribution is 6.22. The standard InChI is InChI=1S/C13H10N4O4/c18-11(15-10-5-6-21-16-10)7-17-12(19)8-3-1-2-4-9(8)14-13(17)20/h1-6,8H,7H2,(H,15,16,18). The van der Waals surface area contributed by atoms with Crippen LogP contribution in [0.5, 0.6) is 0 Å². The Hall–Kier alpha value is -3.03. The number of carbonyl (C=O) groups excluding carboxylic acids is 3. The van der Waals surface area contributed by atoms with Crippen molar-refractivity contribution in [3.63, 3.8) is 0 Å². The SMILES string of the molecule is O=C(CN1C(=O)N=C2C=CC=CC2C1=O)Nc1ccon1. The second-order valence-electron chi connectivity index (χ2n) is 4.40. The summed E-state index contributed by atoms with van der Waals surface area (Å²) >= 11 is 0. The molecule has 0 spiro atoms. The third kappa shape index (κ3) is 2.50. The number of allylic oxidation sites excluding steroid dienone is 3. The van der Waals surface area contributed by atoms with Gasteiger partial charge in [0.25, 0.3) is 0 Å². The molecule has 1 aromatic rings. The fourth-order valence-corrected chi connectivity index (χ4v) is 2.03. The molecule has 0 bridgehead atoms. The number of urea groups is 1. The Balaban J connectivity index is 1.73. The molecule has 0 saturated heterocycles. The van der Waals surface area contributed by atoms with Gasteiger partial charge in [-0.3, -0.25) is 14.5 Å². The molecule has 1 N–H and O–H groups in total. The maximum Gasteiger partial charge on any atom is 0.351 e. The largest absolute Gasteiger partial charge is 0.363 e. The van der Waals surface area contributed by atoms with E-state index in [1.165, 1.54) is 12.3 Å². The maximum atomic E-state index is 12.2. The van der Waals surface area contributed by atoms with Crippen LogP contribution in [-0.2, 0) is 9.59 Å². The normalized spacial score (nSPS) is 20.3. The Morgan fingerprint density at radius 3 is 3.00 bits per heavy atom. The predicted molar refractivity (Wildman–Crippen MR) is 71.4 cm³/mol. The molecule has 8 heteroatoms. The van der Waals surface area contributed by atoms with Gasteiger partial charge in [0.1, 0.15) is 12.8 Å². The number of fused-ring (bicyclic) bond motifs is 1. The molecule has 4 amide bonds. The fourth-order valence-electron chi connectivity index (χ4n) is 2.03. The summed E-state index contributed by atoms with van der Waals surface area (Å²) in [7, 11) is 0. The van der Waals surface area contributed by atoms with Crippen molar-refractivity contribution < 1.29 is 18.9 Å². The molecule has 3 rings (SSSR count). The van der Waals surface area contributed by atoms with Crippen LogP contribution in [0.3, 0.4) is 0 Å². The summed E-state index contributed by atoms with van der Waals surface area (Å²) in [4.78, 5) is 40.5. The van der Waals surface area contributed by atoms with Crippen molar-refractivity contribution in [1.82, 2.24) is 10.1 Å². The smallest absolute Gasteiger partial charge is 0.351 e. The number of rotatable bonds is 3. The average Bonchev–Trinajstić information content (AvgIpc) is 2.96. The number of nitrogens with one attached hydrogen (secondary N) is 1. The molecule has 1 unspecified atom stereocenters. The van der Waals surface area contributed by atoms with Gasteiger partial charge in [0.15, 0.2) is 5.82 Å². The summed E-state index contributed by atoms with van der Waals surface area (Å²) in [6.45, 7) is -0.421. The summed E-state index contributed by atoms with van der Waals surface area (Å²) < 4.78 is 4.57. The molecule has 2 heterocycles. The summed E-state index contributed by atoms with van der Waals surface area (Å²) in [5, 5.41) is 5.92. The average molecular weight is 286 g/mol. The van der Waals surface area contributed by atoms with Crippen molar-refractivity contribution in [3.05, 3.63) is 36.6 Å². The van der Waals surface area contributed by atoms with Gasteiger partial charge in [-0.25, -0.2) is 4.79 Å². The zero-order chi connectivity index (χ0) is 14.8. The van der Waals surface area contributed by atoms with Crippen molar-refractivity contribution >= 4 is 29.4 Å². The minimum atomic E-state index is -0.749. The second kappa shape index (κ2) is 5.16. The number of nitrogens with zero attached hydrogens (tertiary/aromatic N) is 3. The molecule has 0 radical (unpaired) electrons. The van der Waals surface area contributed by atoms with Crippen molar-refractivity contribution in [2.45, 2.75) is 0 Å². The number of imide groups is 1. The Labute approximate surface area is 118 Å². The summed E-state index contributed by atoms with van der Waals surface area (Å²) in [5.74, 6) is -1.44. The van der Waals surface area contributed by atoms with E-state index in [-0.39, 0.29) is 5.82 Å². The van der Waals surface area contributed by atoms with Crippen LogP contribution in [-0.4, -0.2) is 40.2 Å². The quantitative estimate of drug-likeness (QED) is 0.883. The lowest BCUT2D eigenvalue weighted by atomic mass is 9.95. The third-order valence-electron chi connectivity index (χ3n) is 3.00. The van der Waals surface area contributed by atoms with Gasteiger partial charge in [-0.15, -0.1) is 0 Å². The first-order valence-electron chi connectivity index (χ1n) is 6.14. The van der Waals surface area contributed by atoms with E-state index in [0.29, 0.717) is 5.71 Å². The molecule has 2 aliphatic rings. The van der Waals surface area contributed by atoms with E-state index in [4.69, 9.17) is 0 Å². The minimum Gasteiger partial charge on any atom is -0.363 e. The van der Waals surface area contributed by atoms with Gasteiger partial charge in [-0.05, 0) is 6.08 Å². The van der Waals surface area contributed by atoms with Crippen LogP contribution in [0, 0.1) is 5.92 Å². The molecule has 1 atom stereocenters. The first-order chi connectivity index (χ1) is 10.1. The molecule has 8 nitrogen and oxygen atoms in total. The van der Waals surface area contributed by atoms with Crippen LogP contribution in [0.4, 0.5) is 10.6 Å². The zero-order valence-corrected chi connectivity index (χ0v) is 10.7. The topological polar surface area (TPSA) is 105 Å².